The molecule has 6 nitrogen and oxygen atoms in total. The number of pyridine rings is 1. The molecule has 3 heterocycles. The molecule has 0 fully saturated rings. The van der Waals surface area contributed by atoms with Crippen LogP contribution in [0.3, 0.4) is 0 Å². The number of hydrogen-bond donors (Lipinski definition) is 1. The van der Waals surface area contributed by atoms with Crippen LogP contribution >= 0.6 is 0 Å². The van der Waals surface area contributed by atoms with Gasteiger partial charge in [-0.3, -0.25) is 0 Å². The molecule has 0 aliphatic heterocycles. The van der Waals surface area contributed by atoms with E-state index in [9.17, 15) is 12.8 Å². The quantitative estimate of drug-likeness (QED) is 0.527. The zero-order valence-corrected chi connectivity index (χ0v) is 16.0. The van der Waals surface area contributed by atoms with Crippen LogP contribution in [-0.2, 0) is 9.84 Å². The molecule has 3 aromatic heterocycles. The van der Waals surface area contributed by atoms with Crippen LogP contribution in [0.5, 0.6) is 0 Å². The van der Waals surface area contributed by atoms with Crippen molar-refractivity contribution in [2.24, 2.45) is 0 Å². The predicted molar refractivity (Wildman–Crippen MR) is 105 cm³/mol. The number of aromatic amines is 1. The fourth-order valence-corrected chi connectivity index (χ4v) is 3.97. The number of fused-ring (bicyclic) bond motifs is 1. The summed E-state index contributed by atoms with van der Waals surface area (Å²) in [6, 6.07) is 9.81. The number of halogens is 1. The molecule has 8 heteroatoms. The summed E-state index contributed by atoms with van der Waals surface area (Å²) >= 11 is 0. The second-order valence-electron chi connectivity index (χ2n) is 6.61. The Bertz CT molecular complexity index is 1270. The number of nitrogens with zero attached hydrogens (tertiary/aromatic N) is 3. The number of sulfone groups is 1. The van der Waals surface area contributed by atoms with Crippen LogP contribution in [0.2, 0.25) is 0 Å². The molecule has 0 radical (unpaired) electrons. The molecule has 0 unspecified atom stereocenters. The standard InChI is InChI=1S/C20H17FN4O2S/c1-12(2)28(26,27)14-7-5-13(6-8-14)17-11-24-20-18(25-17)16(10-23-20)15-4-3-9-22-19(15)21/h3-12H,1-2H3,(H,23,24). The maximum Gasteiger partial charge on any atom is 0.220 e. The third-order valence-corrected chi connectivity index (χ3v) is 6.70. The molecule has 1 N–H and O–H groups in total. The van der Waals surface area contributed by atoms with Gasteiger partial charge in [-0.05, 0) is 38.1 Å². The minimum absolute atomic E-state index is 0.264. The molecule has 0 spiro atoms. The van der Waals surface area contributed by atoms with Crippen molar-refractivity contribution in [1.29, 1.82) is 0 Å². The van der Waals surface area contributed by atoms with Gasteiger partial charge in [0.2, 0.25) is 5.95 Å². The highest BCUT2D eigenvalue weighted by molar-refractivity contribution is 7.92. The molecule has 0 saturated carbocycles. The highest BCUT2D eigenvalue weighted by Gasteiger charge is 2.19. The molecule has 28 heavy (non-hydrogen) atoms. The van der Waals surface area contributed by atoms with Crippen LogP contribution in [0.15, 0.2) is 59.9 Å². The van der Waals surface area contributed by atoms with Gasteiger partial charge in [-0.25, -0.2) is 23.4 Å². The highest BCUT2D eigenvalue weighted by atomic mass is 32.2. The van der Waals surface area contributed by atoms with Crippen LogP contribution in [0.4, 0.5) is 4.39 Å². The number of hydrogen-bond acceptors (Lipinski definition) is 5. The van der Waals surface area contributed by atoms with Gasteiger partial charge in [0.15, 0.2) is 15.5 Å². The second-order valence-corrected chi connectivity index (χ2v) is 9.12. The minimum atomic E-state index is -3.34. The lowest BCUT2D eigenvalue weighted by Crippen LogP contribution is -2.13. The van der Waals surface area contributed by atoms with Crippen molar-refractivity contribution < 1.29 is 12.8 Å². The van der Waals surface area contributed by atoms with E-state index in [4.69, 9.17) is 0 Å². The maximum absolute atomic E-state index is 14.1. The van der Waals surface area contributed by atoms with Crippen LogP contribution < -0.4 is 0 Å². The molecule has 4 aromatic rings. The van der Waals surface area contributed by atoms with Gasteiger partial charge in [-0.1, -0.05) is 12.1 Å². The van der Waals surface area contributed by atoms with E-state index in [-0.39, 0.29) is 4.90 Å². The SMILES string of the molecule is CC(C)S(=O)(=O)c1ccc(-c2cnc3[nH]cc(-c4cccnc4F)c3n2)cc1. The summed E-state index contributed by atoms with van der Waals surface area (Å²) in [7, 11) is -3.34. The highest BCUT2D eigenvalue weighted by Crippen LogP contribution is 2.29. The van der Waals surface area contributed by atoms with E-state index < -0.39 is 21.0 Å². The second kappa shape index (κ2) is 6.79. The molecule has 0 saturated heterocycles. The third kappa shape index (κ3) is 3.05. The van der Waals surface area contributed by atoms with Gasteiger partial charge >= 0.3 is 0 Å². The van der Waals surface area contributed by atoms with E-state index in [0.717, 1.165) is 5.56 Å². The van der Waals surface area contributed by atoms with Gasteiger partial charge in [0.1, 0.15) is 5.52 Å². The molecule has 0 atom stereocenters. The fourth-order valence-electron chi connectivity index (χ4n) is 2.91. The van der Waals surface area contributed by atoms with Gasteiger partial charge in [0.25, 0.3) is 0 Å². The van der Waals surface area contributed by atoms with Gasteiger partial charge in [0, 0.05) is 29.1 Å². The first-order valence-corrected chi connectivity index (χ1v) is 10.2. The van der Waals surface area contributed by atoms with E-state index >= 15 is 0 Å². The summed E-state index contributed by atoms with van der Waals surface area (Å²) in [4.78, 5) is 15.9. The topological polar surface area (TPSA) is 88.6 Å². The Morgan fingerprint density at radius 1 is 1.04 bits per heavy atom. The van der Waals surface area contributed by atoms with Crippen molar-refractivity contribution in [2.45, 2.75) is 24.0 Å². The van der Waals surface area contributed by atoms with E-state index in [2.05, 4.69) is 19.9 Å². The lowest BCUT2D eigenvalue weighted by Gasteiger charge is -2.08. The van der Waals surface area contributed by atoms with Crippen molar-refractivity contribution in [1.82, 2.24) is 19.9 Å². The van der Waals surface area contributed by atoms with Crippen molar-refractivity contribution in [3.8, 4) is 22.4 Å². The Labute approximate surface area is 161 Å². The predicted octanol–water partition coefficient (Wildman–Crippen LogP) is 4.01. The number of rotatable bonds is 4. The molecule has 142 valence electrons. The molecule has 1 aromatic carbocycles. The Morgan fingerprint density at radius 3 is 2.46 bits per heavy atom. The summed E-state index contributed by atoms with van der Waals surface area (Å²) < 4.78 is 38.7. The zero-order chi connectivity index (χ0) is 19.9. The Hall–Kier alpha value is -3.13. The Balaban J connectivity index is 1.78. The lowest BCUT2D eigenvalue weighted by molar-refractivity contribution is 0.587. The van der Waals surface area contributed by atoms with E-state index in [1.807, 2.05) is 0 Å². The number of benzene rings is 1. The largest absolute Gasteiger partial charge is 0.344 e. The molecule has 0 aliphatic rings. The summed E-state index contributed by atoms with van der Waals surface area (Å²) in [5.41, 5.74) is 3.22. The van der Waals surface area contributed by atoms with Crippen molar-refractivity contribution >= 4 is 21.0 Å². The normalized spacial score (nSPS) is 12.0. The maximum atomic E-state index is 14.1. The number of nitrogens with one attached hydrogen (secondary N) is 1. The van der Waals surface area contributed by atoms with Crippen LogP contribution in [0.25, 0.3) is 33.5 Å². The van der Waals surface area contributed by atoms with E-state index in [0.29, 0.717) is 28.0 Å². The number of aromatic nitrogens is 4. The van der Waals surface area contributed by atoms with Crippen molar-refractivity contribution in [2.75, 3.05) is 0 Å². The van der Waals surface area contributed by atoms with Gasteiger partial charge in [-0.2, -0.15) is 4.39 Å². The molecular weight excluding hydrogens is 379 g/mol. The Morgan fingerprint density at radius 2 is 1.79 bits per heavy atom. The molecule has 0 bridgehead atoms. The average Bonchev–Trinajstić information content (AvgIpc) is 3.11. The number of H-pyrrole nitrogens is 1. The zero-order valence-electron chi connectivity index (χ0n) is 15.2. The van der Waals surface area contributed by atoms with Crippen molar-refractivity contribution in [3.05, 3.63) is 60.9 Å². The fraction of sp³-hybridized carbons (Fsp3) is 0.150. The summed E-state index contributed by atoms with van der Waals surface area (Å²) in [6.45, 7) is 3.29. The average molecular weight is 396 g/mol. The molecule has 0 aliphatic carbocycles. The van der Waals surface area contributed by atoms with Crippen LogP contribution in [0, 0.1) is 5.95 Å². The minimum Gasteiger partial charge on any atom is -0.344 e. The van der Waals surface area contributed by atoms with Crippen LogP contribution in [0.1, 0.15) is 13.8 Å². The molecular formula is C20H17FN4O2S. The van der Waals surface area contributed by atoms with E-state index in [1.165, 1.54) is 6.20 Å². The first kappa shape index (κ1) is 18.2. The van der Waals surface area contributed by atoms with E-state index in [1.54, 1.807) is 62.6 Å². The summed E-state index contributed by atoms with van der Waals surface area (Å²) in [5.74, 6) is -0.584. The summed E-state index contributed by atoms with van der Waals surface area (Å²) in [5, 5.41) is -0.494. The van der Waals surface area contributed by atoms with Crippen molar-refractivity contribution in [3.63, 3.8) is 0 Å². The third-order valence-electron chi connectivity index (χ3n) is 4.53. The lowest BCUT2D eigenvalue weighted by atomic mass is 10.1. The summed E-state index contributed by atoms with van der Waals surface area (Å²) in [6.07, 6.45) is 4.62. The van der Waals surface area contributed by atoms with Gasteiger partial charge in [0.05, 0.1) is 22.0 Å². The Kier molecular flexibility index (Phi) is 4.43. The molecule has 4 rings (SSSR count). The smallest absolute Gasteiger partial charge is 0.220 e. The first-order valence-electron chi connectivity index (χ1n) is 8.67. The first-order chi connectivity index (χ1) is 13.4. The monoisotopic (exact) mass is 396 g/mol. The van der Waals surface area contributed by atoms with Gasteiger partial charge in [-0.15, -0.1) is 0 Å². The van der Waals surface area contributed by atoms with Crippen LogP contribution in [-0.4, -0.2) is 33.6 Å². The molecule has 0 amide bonds. The van der Waals surface area contributed by atoms with Gasteiger partial charge < -0.3 is 4.98 Å².